The largest absolute Gasteiger partial charge is 0.351 e. The number of carbonyl (C=O) groups excluding carboxylic acids is 1. The second-order valence-electron chi connectivity index (χ2n) is 6.00. The highest BCUT2D eigenvalue weighted by atomic mass is 35.5. The highest BCUT2D eigenvalue weighted by Gasteiger charge is 2.37. The number of nitrogens with two attached hydrogens (primary N) is 1. The standard InChI is InChI=1S/C15H21Cl2N3OS2/c1-15(2)13(19-7-10(18)8-22-23-15)14(21)20-6-9-4-3-5-11(16)12(9)17/h3-5,10,13,19H,6-8,18H2,1-2H3,(H,20,21). The van der Waals surface area contributed by atoms with E-state index in [1.54, 1.807) is 27.7 Å². The number of carbonyl (C=O) groups is 1. The van der Waals surface area contributed by atoms with Crippen LogP contribution in [-0.4, -0.2) is 35.0 Å². The molecule has 0 aromatic heterocycles. The molecule has 2 unspecified atom stereocenters. The maximum Gasteiger partial charge on any atom is 0.238 e. The van der Waals surface area contributed by atoms with Crippen molar-refractivity contribution in [2.45, 2.75) is 37.2 Å². The van der Waals surface area contributed by atoms with E-state index >= 15 is 0 Å². The first-order chi connectivity index (χ1) is 10.8. The van der Waals surface area contributed by atoms with Gasteiger partial charge in [0.15, 0.2) is 0 Å². The Bertz CT molecular complexity index is 572. The van der Waals surface area contributed by atoms with Gasteiger partial charge in [-0.05, 0) is 25.5 Å². The van der Waals surface area contributed by atoms with Crippen molar-refractivity contribution >= 4 is 50.7 Å². The van der Waals surface area contributed by atoms with Gasteiger partial charge in [-0.15, -0.1) is 0 Å². The second-order valence-corrected chi connectivity index (χ2v) is 9.78. The average molecular weight is 394 g/mol. The van der Waals surface area contributed by atoms with Crippen molar-refractivity contribution in [2.24, 2.45) is 5.73 Å². The zero-order valence-corrected chi connectivity index (χ0v) is 16.2. The molecule has 1 aliphatic heterocycles. The summed E-state index contributed by atoms with van der Waals surface area (Å²) in [6.45, 7) is 5.08. The Labute approximate surface area is 155 Å². The lowest BCUT2D eigenvalue weighted by atomic mass is 10.0. The molecule has 8 heteroatoms. The van der Waals surface area contributed by atoms with Crippen LogP contribution in [0.5, 0.6) is 0 Å². The zero-order chi connectivity index (χ0) is 17.0. The summed E-state index contributed by atoms with van der Waals surface area (Å²) in [6.07, 6.45) is 0. The van der Waals surface area contributed by atoms with Crippen molar-refractivity contribution in [2.75, 3.05) is 12.3 Å². The molecule has 128 valence electrons. The topological polar surface area (TPSA) is 67.1 Å². The van der Waals surface area contributed by atoms with Crippen LogP contribution in [0.3, 0.4) is 0 Å². The molecule has 2 rings (SSSR count). The number of amides is 1. The average Bonchev–Trinajstić information content (AvgIpc) is 2.47. The maximum absolute atomic E-state index is 12.6. The molecule has 0 saturated carbocycles. The first-order valence-corrected chi connectivity index (χ1v) is 10.4. The third-order valence-corrected chi connectivity index (χ3v) is 7.84. The minimum absolute atomic E-state index is 0.0428. The highest BCUT2D eigenvalue weighted by molar-refractivity contribution is 8.77. The lowest BCUT2D eigenvalue weighted by molar-refractivity contribution is -0.123. The molecule has 1 aromatic carbocycles. The number of hydrogen-bond acceptors (Lipinski definition) is 5. The molecule has 2 atom stereocenters. The summed E-state index contributed by atoms with van der Waals surface area (Å²) in [4.78, 5) is 12.6. The predicted molar refractivity (Wildman–Crippen MR) is 102 cm³/mol. The van der Waals surface area contributed by atoms with Crippen molar-refractivity contribution in [3.05, 3.63) is 33.8 Å². The van der Waals surface area contributed by atoms with Crippen LogP contribution in [0.4, 0.5) is 0 Å². The van der Waals surface area contributed by atoms with Crippen LogP contribution < -0.4 is 16.4 Å². The smallest absolute Gasteiger partial charge is 0.238 e. The van der Waals surface area contributed by atoms with Gasteiger partial charge in [0.05, 0.1) is 10.0 Å². The first kappa shape index (κ1) is 19.2. The maximum atomic E-state index is 12.6. The van der Waals surface area contributed by atoms with E-state index in [0.29, 0.717) is 23.1 Å². The normalized spacial score (nSPS) is 24.6. The van der Waals surface area contributed by atoms with Gasteiger partial charge in [-0.2, -0.15) is 0 Å². The summed E-state index contributed by atoms with van der Waals surface area (Å²) in [5.74, 6) is 0.807. The number of halogens is 2. The fourth-order valence-electron chi connectivity index (χ4n) is 2.27. The van der Waals surface area contributed by atoms with Crippen molar-refractivity contribution in [3.63, 3.8) is 0 Å². The van der Waals surface area contributed by atoms with Gasteiger partial charge in [-0.3, -0.25) is 4.79 Å². The Kier molecular flexibility index (Phi) is 6.95. The van der Waals surface area contributed by atoms with E-state index in [1.165, 1.54) is 0 Å². The van der Waals surface area contributed by atoms with Gasteiger partial charge in [0.1, 0.15) is 6.04 Å². The molecule has 1 aliphatic rings. The van der Waals surface area contributed by atoms with Crippen molar-refractivity contribution < 1.29 is 4.79 Å². The molecule has 0 radical (unpaired) electrons. The molecule has 1 amide bonds. The molecular weight excluding hydrogens is 373 g/mol. The summed E-state index contributed by atoms with van der Waals surface area (Å²) < 4.78 is -0.243. The molecular formula is C15H21Cl2N3OS2. The van der Waals surface area contributed by atoms with E-state index in [4.69, 9.17) is 28.9 Å². The van der Waals surface area contributed by atoms with E-state index in [9.17, 15) is 4.79 Å². The van der Waals surface area contributed by atoms with Crippen LogP contribution in [-0.2, 0) is 11.3 Å². The summed E-state index contributed by atoms with van der Waals surface area (Å²) >= 11 is 12.2. The van der Waals surface area contributed by atoms with E-state index in [2.05, 4.69) is 24.5 Å². The Morgan fingerprint density at radius 3 is 2.96 bits per heavy atom. The molecule has 1 aromatic rings. The molecule has 23 heavy (non-hydrogen) atoms. The zero-order valence-electron chi connectivity index (χ0n) is 13.1. The SMILES string of the molecule is CC1(C)SSCC(N)CNC1C(=O)NCc1cccc(Cl)c1Cl. The van der Waals surface area contributed by atoms with Gasteiger partial charge < -0.3 is 16.4 Å². The van der Waals surface area contributed by atoms with Crippen molar-refractivity contribution in [3.8, 4) is 0 Å². The van der Waals surface area contributed by atoms with E-state index in [1.807, 2.05) is 12.1 Å². The third kappa shape index (κ3) is 5.18. The van der Waals surface area contributed by atoms with Gasteiger partial charge in [-0.1, -0.05) is 56.9 Å². The molecule has 0 bridgehead atoms. The van der Waals surface area contributed by atoms with Crippen LogP contribution in [0.1, 0.15) is 19.4 Å². The Morgan fingerprint density at radius 2 is 2.22 bits per heavy atom. The number of nitrogens with one attached hydrogen (secondary N) is 2. The van der Waals surface area contributed by atoms with Crippen LogP contribution in [0.25, 0.3) is 0 Å². The molecule has 4 N–H and O–H groups in total. The summed E-state index contributed by atoms with van der Waals surface area (Å²) in [6, 6.07) is 5.11. The Balaban J connectivity index is 2.03. The number of hydrogen-bond donors (Lipinski definition) is 3. The lowest BCUT2D eigenvalue weighted by Crippen LogP contribution is -2.57. The Hall–Kier alpha value is -0.110. The monoisotopic (exact) mass is 393 g/mol. The van der Waals surface area contributed by atoms with Gasteiger partial charge in [0.2, 0.25) is 5.91 Å². The van der Waals surface area contributed by atoms with Crippen molar-refractivity contribution in [1.29, 1.82) is 0 Å². The highest BCUT2D eigenvalue weighted by Crippen LogP contribution is 2.39. The number of benzene rings is 1. The minimum Gasteiger partial charge on any atom is -0.351 e. The summed E-state index contributed by atoms with van der Waals surface area (Å²) in [5.41, 5.74) is 6.80. The summed E-state index contributed by atoms with van der Waals surface area (Å²) in [5, 5.41) is 7.21. The van der Waals surface area contributed by atoms with E-state index in [0.717, 1.165) is 11.3 Å². The minimum atomic E-state index is -0.329. The van der Waals surface area contributed by atoms with E-state index < -0.39 is 0 Å². The van der Waals surface area contributed by atoms with Gasteiger partial charge in [-0.25, -0.2) is 0 Å². The van der Waals surface area contributed by atoms with Gasteiger partial charge in [0.25, 0.3) is 0 Å². The van der Waals surface area contributed by atoms with Crippen LogP contribution in [0.2, 0.25) is 10.0 Å². The molecule has 4 nitrogen and oxygen atoms in total. The van der Waals surface area contributed by atoms with Crippen LogP contribution in [0, 0.1) is 0 Å². The van der Waals surface area contributed by atoms with Crippen LogP contribution >= 0.6 is 44.8 Å². The molecule has 1 fully saturated rings. The molecule has 1 heterocycles. The first-order valence-electron chi connectivity index (χ1n) is 7.31. The van der Waals surface area contributed by atoms with Gasteiger partial charge >= 0.3 is 0 Å². The fourth-order valence-corrected chi connectivity index (χ4v) is 5.54. The molecule has 1 saturated heterocycles. The predicted octanol–water partition coefficient (Wildman–Crippen LogP) is 3.07. The van der Waals surface area contributed by atoms with Crippen molar-refractivity contribution in [1.82, 2.24) is 10.6 Å². The molecule has 0 aliphatic carbocycles. The Morgan fingerprint density at radius 1 is 1.48 bits per heavy atom. The number of rotatable bonds is 3. The molecule has 0 spiro atoms. The fraction of sp³-hybridized carbons (Fsp3) is 0.533. The quantitative estimate of drug-likeness (QED) is 0.688. The lowest BCUT2D eigenvalue weighted by Gasteiger charge is -2.36. The second kappa shape index (κ2) is 8.32. The third-order valence-electron chi connectivity index (χ3n) is 3.58. The summed E-state index contributed by atoms with van der Waals surface area (Å²) in [7, 11) is 3.41. The van der Waals surface area contributed by atoms with Gasteiger partial charge in [0, 0.05) is 29.6 Å². The van der Waals surface area contributed by atoms with Crippen LogP contribution in [0.15, 0.2) is 18.2 Å². The van der Waals surface area contributed by atoms with E-state index in [-0.39, 0.29) is 22.7 Å².